The Labute approximate surface area is 116 Å². The van der Waals surface area contributed by atoms with Crippen LogP contribution in [0.3, 0.4) is 0 Å². The van der Waals surface area contributed by atoms with Crippen LogP contribution in [0.5, 0.6) is 0 Å². The molecule has 1 heterocycles. The number of hydrogen-bond donors (Lipinski definition) is 1. The fourth-order valence-electron chi connectivity index (χ4n) is 1.32. The maximum absolute atomic E-state index is 11.8. The Bertz CT molecular complexity index is 510. The molecule has 4 nitrogen and oxygen atoms in total. The summed E-state index contributed by atoms with van der Waals surface area (Å²) in [6.45, 7) is 3.76. The molecule has 0 aliphatic carbocycles. The van der Waals surface area contributed by atoms with Crippen LogP contribution in [0, 0.1) is 0 Å². The molecular weight excluding hydrogens is 294 g/mol. The minimum Gasteiger partial charge on any atom is -0.353 e. The molecule has 0 aliphatic rings. The van der Waals surface area contributed by atoms with E-state index in [1.807, 2.05) is 13.8 Å². The lowest BCUT2D eigenvalue weighted by molar-refractivity contribution is -0.119. The Kier molecular flexibility index (Phi) is 5.62. The first-order valence-electron chi connectivity index (χ1n) is 5.56. The van der Waals surface area contributed by atoms with Crippen molar-refractivity contribution in [2.24, 2.45) is 0 Å². The topological polar surface area (TPSA) is 63.2 Å². The predicted octanol–water partition coefficient (Wildman–Crippen LogP) is 2.23. The van der Waals surface area contributed by atoms with E-state index in [-0.39, 0.29) is 11.8 Å². The van der Waals surface area contributed by atoms with Crippen LogP contribution in [0.1, 0.15) is 25.1 Å². The molecule has 0 saturated carbocycles. The highest BCUT2D eigenvalue weighted by Crippen LogP contribution is 2.23. The van der Waals surface area contributed by atoms with Crippen LogP contribution < -0.4 is 5.32 Å². The van der Waals surface area contributed by atoms with Gasteiger partial charge in [0.15, 0.2) is 9.84 Å². The minimum absolute atomic E-state index is 0.0103. The van der Waals surface area contributed by atoms with Crippen molar-refractivity contribution < 1.29 is 13.2 Å². The Hall–Kier alpha value is -0.590. The van der Waals surface area contributed by atoms with Crippen LogP contribution in [-0.2, 0) is 20.4 Å². The lowest BCUT2D eigenvalue weighted by Gasteiger charge is -2.11. The first-order valence-corrected chi connectivity index (χ1v) is 8.58. The van der Waals surface area contributed by atoms with E-state index in [1.54, 1.807) is 12.1 Å². The van der Waals surface area contributed by atoms with Gasteiger partial charge in [0.1, 0.15) is 5.75 Å². The van der Waals surface area contributed by atoms with Gasteiger partial charge in [0.2, 0.25) is 5.91 Å². The highest BCUT2D eigenvalue weighted by Gasteiger charge is 2.19. The number of sulfone groups is 1. The maximum atomic E-state index is 11.8. The second kappa shape index (κ2) is 6.54. The fraction of sp³-hybridized carbons (Fsp3) is 0.545. The molecule has 0 saturated heterocycles. The first-order chi connectivity index (χ1) is 8.32. The summed E-state index contributed by atoms with van der Waals surface area (Å²) in [5.74, 6) is -1.07. The van der Waals surface area contributed by atoms with Crippen molar-refractivity contribution in [1.29, 1.82) is 0 Å². The molecule has 0 radical (unpaired) electrons. The fourth-order valence-corrected chi connectivity index (χ4v) is 4.09. The van der Waals surface area contributed by atoms with E-state index in [2.05, 4.69) is 5.32 Å². The van der Waals surface area contributed by atoms with Gasteiger partial charge in [-0.25, -0.2) is 8.42 Å². The molecule has 1 amide bonds. The molecule has 0 bridgehead atoms. The van der Waals surface area contributed by atoms with Crippen LogP contribution in [0.15, 0.2) is 12.1 Å². The smallest absolute Gasteiger partial charge is 0.235 e. The van der Waals surface area contributed by atoms with Crippen molar-refractivity contribution in [3.8, 4) is 0 Å². The number of halogens is 1. The Morgan fingerprint density at radius 1 is 1.50 bits per heavy atom. The Morgan fingerprint density at radius 3 is 2.67 bits per heavy atom. The lowest BCUT2D eigenvalue weighted by atomic mass is 10.3. The van der Waals surface area contributed by atoms with E-state index in [9.17, 15) is 13.2 Å². The van der Waals surface area contributed by atoms with Crippen LogP contribution >= 0.6 is 22.9 Å². The van der Waals surface area contributed by atoms with Gasteiger partial charge in [-0.1, -0.05) is 18.5 Å². The third-order valence-corrected chi connectivity index (χ3v) is 5.23. The third-order valence-electron chi connectivity index (χ3n) is 2.36. The van der Waals surface area contributed by atoms with Gasteiger partial charge < -0.3 is 5.32 Å². The SMILES string of the molecule is CCC(C)NC(=O)CS(=O)(=O)Cc1ccc(Cl)s1. The van der Waals surface area contributed by atoms with Crippen molar-refractivity contribution in [1.82, 2.24) is 5.32 Å². The van der Waals surface area contributed by atoms with Crippen molar-refractivity contribution in [2.45, 2.75) is 32.1 Å². The van der Waals surface area contributed by atoms with E-state index in [4.69, 9.17) is 11.6 Å². The average molecular weight is 310 g/mol. The zero-order chi connectivity index (χ0) is 13.8. The summed E-state index contributed by atoms with van der Waals surface area (Å²) < 4.78 is 24.1. The lowest BCUT2D eigenvalue weighted by Crippen LogP contribution is -2.36. The second-order valence-corrected chi connectivity index (χ2v) is 7.98. The van der Waals surface area contributed by atoms with Crippen LogP contribution in [0.2, 0.25) is 4.34 Å². The van der Waals surface area contributed by atoms with Gasteiger partial charge in [-0.3, -0.25) is 4.79 Å². The number of amides is 1. The normalized spacial score (nSPS) is 13.3. The number of carbonyl (C=O) groups is 1. The van der Waals surface area contributed by atoms with Crippen LogP contribution in [-0.4, -0.2) is 26.1 Å². The summed E-state index contributed by atoms with van der Waals surface area (Å²) in [7, 11) is -3.43. The largest absolute Gasteiger partial charge is 0.353 e. The van der Waals surface area contributed by atoms with Gasteiger partial charge in [-0.2, -0.15) is 0 Å². The van der Waals surface area contributed by atoms with Crippen LogP contribution in [0.4, 0.5) is 0 Å². The van der Waals surface area contributed by atoms with Gasteiger partial charge >= 0.3 is 0 Å². The average Bonchev–Trinajstić information content (AvgIpc) is 2.61. The number of rotatable bonds is 6. The number of nitrogens with one attached hydrogen (secondary N) is 1. The molecular formula is C11H16ClNO3S2. The van der Waals surface area contributed by atoms with Crippen molar-refractivity contribution >= 4 is 38.7 Å². The molecule has 1 unspecified atom stereocenters. The first kappa shape index (κ1) is 15.5. The van der Waals surface area contributed by atoms with Gasteiger partial charge in [0, 0.05) is 10.9 Å². The highest BCUT2D eigenvalue weighted by molar-refractivity contribution is 7.91. The summed E-state index contributed by atoms with van der Waals surface area (Å²) in [5.41, 5.74) is 0. The van der Waals surface area contributed by atoms with Gasteiger partial charge in [-0.05, 0) is 25.5 Å². The van der Waals surface area contributed by atoms with Crippen molar-refractivity contribution in [2.75, 3.05) is 5.75 Å². The van der Waals surface area contributed by atoms with Gasteiger partial charge in [-0.15, -0.1) is 11.3 Å². The zero-order valence-corrected chi connectivity index (χ0v) is 12.7. The van der Waals surface area contributed by atoms with E-state index >= 15 is 0 Å². The van der Waals surface area contributed by atoms with Crippen molar-refractivity contribution in [3.05, 3.63) is 21.3 Å². The molecule has 1 N–H and O–H groups in total. The number of thiophene rings is 1. The van der Waals surface area contributed by atoms with Crippen LogP contribution in [0.25, 0.3) is 0 Å². The van der Waals surface area contributed by atoms with E-state index in [1.165, 1.54) is 11.3 Å². The standard InChI is InChI=1S/C11H16ClNO3S2/c1-3-8(2)13-11(14)7-18(15,16)6-9-4-5-10(12)17-9/h4-5,8H,3,6-7H2,1-2H3,(H,13,14). The quantitative estimate of drug-likeness (QED) is 0.876. The molecule has 1 aromatic rings. The van der Waals surface area contributed by atoms with E-state index in [0.29, 0.717) is 9.21 Å². The summed E-state index contributed by atoms with van der Waals surface area (Å²) in [5, 5.41) is 2.64. The van der Waals surface area contributed by atoms with Crippen molar-refractivity contribution in [3.63, 3.8) is 0 Å². The molecule has 0 fully saturated rings. The van der Waals surface area contributed by atoms with E-state index in [0.717, 1.165) is 6.42 Å². The zero-order valence-electron chi connectivity index (χ0n) is 10.3. The molecule has 0 aliphatic heterocycles. The number of hydrogen-bond acceptors (Lipinski definition) is 4. The number of carbonyl (C=O) groups excluding carboxylic acids is 1. The molecule has 0 spiro atoms. The van der Waals surface area contributed by atoms with Gasteiger partial charge in [0.05, 0.1) is 10.1 Å². The molecule has 1 rings (SSSR count). The second-order valence-electron chi connectivity index (χ2n) is 4.11. The molecule has 1 atom stereocenters. The molecule has 7 heteroatoms. The molecule has 1 aromatic heterocycles. The molecule has 102 valence electrons. The summed E-state index contributed by atoms with van der Waals surface area (Å²) in [6, 6.07) is 3.30. The molecule has 0 aromatic carbocycles. The van der Waals surface area contributed by atoms with Gasteiger partial charge in [0.25, 0.3) is 0 Å². The molecule has 18 heavy (non-hydrogen) atoms. The minimum atomic E-state index is -3.43. The monoisotopic (exact) mass is 309 g/mol. The summed E-state index contributed by atoms with van der Waals surface area (Å²) in [6.07, 6.45) is 0.770. The van der Waals surface area contributed by atoms with E-state index < -0.39 is 21.5 Å². The predicted molar refractivity (Wildman–Crippen MR) is 74.7 cm³/mol. The summed E-state index contributed by atoms with van der Waals surface area (Å²) >= 11 is 6.94. The highest BCUT2D eigenvalue weighted by atomic mass is 35.5. The summed E-state index contributed by atoms with van der Waals surface area (Å²) in [4.78, 5) is 12.2. The maximum Gasteiger partial charge on any atom is 0.235 e. The Balaban J connectivity index is 2.57. The third kappa shape index (κ3) is 5.37. The Morgan fingerprint density at radius 2 is 2.17 bits per heavy atom.